The molecule has 0 unspecified atom stereocenters. The molecule has 1 aromatic heterocycles. The fraction of sp³-hybridized carbons (Fsp3) is 0.588. The van der Waals surface area contributed by atoms with Gasteiger partial charge in [-0.3, -0.25) is 9.78 Å². The second kappa shape index (κ2) is 6.98. The van der Waals surface area contributed by atoms with E-state index in [0.29, 0.717) is 12.1 Å². The van der Waals surface area contributed by atoms with E-state index in [1.54, 1.807) is 29.4 Å². The first kappa shape index (κ1) is 17.2. The van der Waals surface area contributed by atoms with Crippen LogP contribution in [0.15, 0.2) is 24.5 Å². The van der Waals surface area contributed by atoms with Crippen LogP contribution in [0.4, 0.5) is 4.79 Å². The number of carbonyl (C=O) groups excluding carboxylic acids is 2. The van der Waals surface area contributed by atoms with Crippen molar-refractivity contribution in [1.82, 2.24) is 15.2 Å². The predicted octanol–water partition coefficient (Wildman–Crippen LogP) is 2.60. The molecule has 126 valence electrons. The number of nitrogens with one attached hydrogen (secondary N) is 1. The Morgan fingerprint density at radius 3 is 2.57 bits per heavy atom. The number of carbonyl (C=O) groups is 2. The van der Waals surface area contributed by atoms with Crippen LogP contribution in [-0.4, -0.2) is 46.1 Å². The number of ether oxygens (including phenoxy) is 1. The minimum atomic E-state index is -0.524. The molecule has 1 aliphatic rings. The van der Waals surface area contributed by atoms with Gasteiger partial charge in [-0.2, -0.15) is 0 Å². The van der Waals surface area contributed by atoms with E-state index in [0.717, 1.165) is 12.8 Å². The summed E-state index contributed by atoms with van der Waals surface area (Å²) >= 11 is 0. The highest BCUT2D eigenvalue weighted by atomic mass is 16.6. The summed E-state index contributed by atoms with van der Waals surface area (Å²) in [5.74, 6) is -0.143. The maximum absolute atomic E-state index is 12.3. The first-order valence-electron chi connectivity index (χ1n) is 7.98. The van der Waals surface area contributed by atoms with Crippen LogP contribution in [0, 0.1) is 0 Å². The van der Waals surface area contributed by atoms with Crippen LogP contribution in [0.3, 0.4) is 0 Å². The van der Waals surface area contributed by atoms with Crippen molar-refractivity contribution >= 4 is 12.0 Å². The van der Waals surface area contributed by atoms with Crippen molar-refractivity contribution in [3.05, 3.63) is 30.1 Å². The van der Waals surface area contributed by atoms with E-state index in [2.05, 4.69) is 10.3 Å². The van der Waals surface area contributed by atoms with Crippen molar-refractivity contribution in [2.75, 3.05) is 6.54 Å². The number of hydrogen-bond acceptors (Lipinski definition) is 4. The monoisotopic (exact) mass is 319 g/mol. The Balaban J connectivity index is 2.01. The third-order valence-electron chi connectivity index (χ3n) is 3.88. The van der Waals surface area contributed by atoms with Crippen molar-refractivity contribution in [3.8, 4) is 0 Å². The van der Waals surface area contributed by atoms with Gasteiger partial charge in [0.1, 0.15) is 5.60 Å². The molecule has 0 radical (unpaired) electrons. The Labute approximate surface area is 137 Å². The van der Waals surface area contributed by atoms with Gasteiger partial charge < -0.3 is 15.0 Å². The quantitative estimate of drug-likeness (QED) is 0.909. The number of aromatic nitrogens is 1. The number of amides is 2. The van der Waals surface area contributed by atoms with Crippen molar-refractivity contribution in [2.45, 2.75) is 58.2 Å². The van der Waals surface area contributed by atoms with Gasteiger partial charge in [0, 0.05) is 30.5 Å². The number of hydrogen-bond donors (Lipinski definition) is 1. The van der Waals surface area contributed by atoms with Crippen molar-refractivity contribution in [3.63, 3.8) is 0 Å². The summed E-state index contributed by atoms with van der Waals surface area (Å²) < 4.78 is 5.45. The lowest BCUT2D eigenvalue weighted by molar-refractivity contribution is 0.00700. The molecule has 0 aliphatic carbocycles. The zero-order chi connectivity index (χ0) is 17.0. The molecule has 2 atom stereocenters. The van der Waals surface area contributed by atoms with Crippen LogP contribution in [0.25, 0.3) is 0 Å². The van der Waals surface area contributed by atoms with Crippen LogP contribution in [0.5, 0.6) is 0 Å². The average Bonchev–Trinajstić information content (AvgIpc) is 2.48. The molecular weight excluding hydrogens is 294 g/mol. The maximum atomic E-state index is 12.3. The highest BCUT2D eigenvalue weighted by Gasteiger charge is 2.34. The van der Waals surface area contributed by atoms with Gasteiger partial charge in [-0.25, -0.2) is 4.79 Å². The predicted molar refractivity (Wildman–Crippen MR) is 87.1 cm³/mol. The second-order valence-electron chi connectivity index (χ2n) is 6.87. The molecule has 0 saturated carbocycles. The molecule has 0 spiro atoms. The van der Waals surface area contributed by atoms with Gasteiger partial charge in [0.05, 0.1) is 6.04 Å². The van der Waals surface area contributed by atoms with Gasteiger partial charge in [0.25, 0.3) is 5.91 Å². The molecule has 23 heavy (non-hydrogen) atoms. The molecule has 0 aromatic carbocycles. The maximum Gasteiger partial charge on any atom is 0.410 e. The van der Waals surface area contributed by atoms with Crippen LogP contribution < -0.4 is 5.32 Å². The molecule has 1 saturated heterocycles. The fourth-order valence-corrected chi connectivity index (χ4v) is 2.67. The van der Waals surface area contributed by atoms with E-state index >= 15 is 0 Å². The third-order valence-corrected chi connectivity index (χ3v) is 3.88. The van der Waals surface area contributed by atoms with Gasteiger partial charge in [-0.1, -0.05) is 0 Å². The standard InChI is InChI=1S/C17H25N3O3/c1-12-14(19-15(21)13-7-9-18-10-8-13)6-5-11-20(12)16(22)23-17(2,3)4/h7-10,12,14H,5-6,11H2,1-4H3,(H,19,21)/t12-,14-/m0/s1. The molecule has 0 bridgehead atoms. The van der Waals surface area contributed by atoms with Crippen molar-refractivity contribution in [2.24, 2.45) is 0 Å². The summed E-state index contributed by atoms with van der Waals surface area (Å²) in [5.41, 5.74) is 0.0471. The zero-order valence-electron chi connectivity index (χ0n) is 14.2. The third kappa shape index (κ3) is 4.68. The van der Waals surface area contributed by atoms with E-state index in [1.165, 1.54) is 0 Å². The Kier molecular flexibility index (Phi) is 5.23. The number of rotatable bonds is 2. The molecule has 6 heteroatoms. The summed E-state index contributed by atoms with van der Waals surface area (Å²) in [7, 11) is 0. The largest absolute Gasteiger partial charge is 0.444 e. The average molecular weight is 319 g/mol. The number of piperidine rings is 1. The normalized spacial score (nSPS) is 21.7. The molecule has 2 rings (SSSR count). The SMILES string of the molecule is C[C@H]1[C@@H](NC(=O)c2ccncc2)CCCN1C(=O)OC(C)(C)C. The fourth-order valence-electron chi connectivity index (χ4n) is 2.67. The van der Waals surface area contributed by atoms with E-state index in [1.807, 2.05) is 27.7 Å². The Hall–Kier alpha value is -2.11. The van der Waals surface area contributed by atoms with Crippen molar-refractivity contribution in [1.29, 1.82) is 0 Å². The second-order valence-corrected chi connectivity index (χ2v) is 6.87. The highest BCUT2D eigenvalue weighted by molar-refractivity contribution is 5.94. The van der Waals surface area contributed by atoms with Gasteiger partial charge in [0.15, 0.2) is 0 Å². The summed E-state index contributed by atoms with van der Waals surface area (Å²) in [6.07, 6.45) is 4.54. The zero-order valence-corrected chi connectivity index (χ0v) is 14.2. The molecule has 1 aliphatic heterocycles. The van der Waals surface area contributed by atoms with Crippen molar-refractivity contribution < 1.29 is 14.3 Å². The lowest BCUT2D eigenvalue weighted by atomic mass is 9.97. The molecule has 6 nitrogen and oxygen atoms in total. The minimum absolute atomic E-state index is 0.0862. The van der Waals surface area contributed by atoms with Gasteiger partial charge in [-0.15, -0.1) is 0 Å². The van der Waals surface area contributed by atoms with Crippen LogP contribution in [0.2, 0.25) is 0 Å². The molecule has 1 fully saturated rings. The summed E-state index contributed by atoms with van der Waals surface area (Å²) in [6.45, 7) is 8.14. The number of nitrogens with zero attached hydrogens (tertiary/aromatic N) is 2. The topological polar surface area (TPSA) is 71.5 Å². The molecule has 2 amide bonds. The highest BCUT2D eigenvalue weighted by Crippen LogP contribution is 2.21. The van der Waals surface area contributed by atoms with Crippen LogP contribution in [-0.2, 0) is 4.74 Å². The molecule has 2 heterocycles. The van der Waals surface area contributed by atoms with E-state index < -0.39 is 5.60 Å². The summed E-state index contributed by atoms with van der Waals surface area (Å²) in [4.78, 5) is 30.2. The lowest BCUT2D eigenvalue weighted by Gasteiger charge is -2.40. The van der Waals surface area contributed by atoms with E-state index in [-0.39, 0.29) is 24.1 Å². The summed E-state index contributed by atoms with van der Waals surface area (Å²) in [6, 6.07) is 3.16. The summed E-state index contributed by atoms with van der Waals surface area (Å²) in [5, 5.41) is 3.02. The first-order chi connectivity index (χ1) is 10.8. The Bertz CT molecular complexity index is 554. The van der Waals surface area contributed by atoms with Crippen LogP contribution >= 0.6 is 0 Å². The number of likely N-dealkylation sites (tertiary alicyclic amines) is 1. The van der Waals surface area contributed by atoms with Gasteiger partial charge in [0.2, 0.25) is 0 Å². The first-order valence-corrected chi connectivity index (χ1v) is 7.98. The Morgan fingerprint density at radius 2 is 1.96 bits per heavy atom. The molecule has 1 aromatic rings. The van der Waals surface area contributed by atoms with Gasteiger partial charge >= 0.3 is 6.09 Å². The van der Waals surface area contributed by atoms with Gasteiger partial charge in [-0.05, 0) is 52.7 Å². The Morgan fingerprint density at radius 1 is 1.30 bits per heavy atom. The van der Waals surface area contributed by atoms with Crippen LogP contribution in [0.1, 0.15) is 50.9 Å². The number of pyridine rings is 1. The lowest BCUT2D eigenvalue weighted by Crippen LogP contribution is -2.56. The molecular formula is C17H25N3O3. The van der Waals surface area contributed by atoms with E-state index in [9.17, 15) is 9.59 Å². The smallest absolute Gasteiger partial charge is 0.410 e. The molecule has 1 N–H and O–H groups in total. The minimum Gasteiger partial charge on any atom is -0.444 e. The van der Waals surface area contributed by atoms with E-state index in [4.69, 9.17) is 4.74 Å².